The van der Waals surface area contributed by atoms with Crippen molar-refractivity contribution in [3.05, 3.63) is 69.2 Å². The molecule has 0 atom stereocenters. The predicted octanol–water partition coefficient (Wildman–Crippen LogP) is 3.56. The summed E-state index contributed by atoms with van der Waals surface area (Å²) in [4.78, 5) is 30.3. The summed E-state index contributed by atoms with van der Waals surface area (Å²) >= 11 is 12.5. The maximum atomic E-state index is 12.8. The molecule has 9 nitrogen and oxygen atoms in total. The fourth-order valence-corrected chi connectivity index (χ4v) is 4.50. The van der Waals surface area contributed by atoms with Gasteiger partial charge in [0.15, 0.2) is 5.65 Å². The van der Waals surface area contributed by atoms with E-state index in [1.807, 2.05) is 12.1 Å². The molecule has 2 aromatic carbocycles. The van der Waals surface area contributed by atoms with Crippen molar-refractivity contribution in [2.45, 2.75) is 0 Å². The summed E-state index contributed by atoms with van der Waals surface area (Å²) in [6.07, 6.45) is 1.52. The summed E-state index contributed by atoms with van der Waals surface area (Å²) < 4.78 is 1.17. The van der Waals surface area contributed by atoms with Crippen molar-refractivity contribution in [3.8, 4) is 5.69 Å². The SMILES string of the molecule is CN1CCN(c2ccc(Nc3ncc4c(N)n(-c5c(Cl)cccc5Cl)c(=O)nc4n3)cc2)CC1. The van der Waals surface area contributed by atoms with Crippen molar-refractivity contribution in [2.75, 3.05) is 49.2 Å². The molecule has 0 radical (unpaired) electrons. The van der Waals surface area contributed by atoms with Gasteiger partial charge in [0.25, 0.3) is 0 Å². The number of hydrogen-bond donors (Lipinski definition) is 2. The Balaban J connectivity index is 1.42. The van der Waals surface area contributed by atoms with Gasteiger partial charge in [0.1, 0.15) is 5.82 Å². The molecule has 174 valence electrons. The molecule has 0 aliphatic carbocycles. The van der Waals surface area contributed by atoms with Crippen molar-refractivity contribution in [1.29, 1.82) is 0 Å². The largest absolute Gasteiger partial charge is 0.384 e. The number of hydrogen-bond acceptors (Lipinski definition) is 8. The quantitative estimate of drug-likeness (QED) is 0.441. The Bertz CT molecular complexity index is 1400. The fourth-order valence-electron chi connectivity index (χ4n) is 3.93. The van der Waals surface area contributed by atoms with E-state index >= 15 is 0 Å². The van der Waals surface area contributed by atoms with Crippen molar-refractivity contribution in [3.63, 3.8) is 0 Å². The van der Waals surface area contributed by atoms with Crippen LogP contribution in [0, 0.1) is 0 Å². The first-order valence-corrected chi connectivity index (χ1v) is 11.5. The number of halogens is 2. The van der Waals surface area contributed by atoms with Crippen LogP contribution in [0.5, 0.6) is 0 Å². The van der Waals surface area contributed by atoms with Gasteiger partial charge in [0.2, 0.25) is 5.95 Å². The van der Waals surface area contributed by atoms with Crippen LogP contribution in [-0.2, 0) is 0 Å². The molecular formula is C23H22Cl2N8O. The highest BCUT2D eigenvalue weighted by Crippen LogP contribution is 2.30. The van der Waals surface area contributed by atoms with Gasteiger partial charge in [-0.1, -0.05) is 29.3 Å². The highest BCUT2D eigenvalue weighted by molar-refractivity contribution is 6.37. The highest BCUT2D eigenvalue weighted by atomic mass is 35.5. The summed E-state index contributed by atoms with van der Waals surface area (Å²) in [5.74, 6) is 0.410. The molecule has 11 heteroatoms. The van der Waals surface area contributed by atoms with E-state index in [2.05, 4.69) is 49.2 Å². The Labute approximate surface area is 205 Å². The van der Waals surface area contributed by atoms with E-state index in [0.29, 0.717) is 11.3 Å². The molecule has 0 amide bonds. The highest BCUT2D eigenvalue weighted by Gasteiger charge is 2.18. The number of piperazine rings is 1. The zero-order valence-electron chi connectivity index (χ0n) is 18.4. The molecular weight excluding hydrogens is 475 g/mol. The van der Waals surface area contributed by atoms with Crippen molar-refractivity contribution in [1.82, 2.24) is 24.4 Å². The molecule has 0 spiro atoms. The number of likely N-dealkylation sites (N-methyl/N-ethyl adjacent to an activating group) is 1. The first-order chi connectivity index (χ1) is 16.4. The van der Waals surface area contributed by atoms with Crippen LogP contribution in [0.15, 0.2) is 53.5 Å². The monoisotopic (exact) mass is 496 g/mol. The van der Waals surface area contributed by atoms with Gasteiger partial charge < -0.3 is 20.9 Å². The van der Waals surface area contributed by atoms with Crippen molar-refractivity contribution in [2.24, 2.45) is 0 Å². The van der Waals surface area contributed by atoms with Gasteiger partial charge >= 0.3 is 5.69 Å². The van der Waals surface area contributed by atoms with Crippen LogP contribution in [-0.4, -0.2) is 57.6 Å². The number of benzene rings is 2. The molecule has 4 aromatic rings. The summed E-state index contributed by atoms with van der Waals surface area (Å²) in [5.41, 5.74) is 8.08. The third kappa shape index (κ3) is 4.25. The zero-order chi connectivity index (χ0) is 23.8. The first-order valence-electron chi connectivity index (χ1n) is 10.7. The lowest BCUT2D eigenvalue weighted by molar-refractivity contribution is 0.313. The fraction of sp³-hybridized carbons (Fsp3) is 0.217. The Kier molecular flexibility index (Phi) is 5.99. The van der Waals surface area contributed by atoms with E-state index in [4.69, 9.17) is 28.9 Å². The van der Waals surface area contributed by atoms with Crippen LogP contribution in [0.1, 0.15) is 0 Å². The second kappa shape index (κ2) is 9.09. The van der Waals surface area contributed by atoms with E-state index in [9.17, 15) is 4.79 Å². The predicted molar refractivity (Wildman–Crippen MR) is 137 cm³/mol. The molecule has 3 N–H and O–H groups in total. The molecule has 1 aliphatic rings. The normalized spacial score (nSPS) is 14.5. The summed E-state index contributed by atoms with van der Waals surface area (Å²) in [6, 6.07) is 13.0. The first kappa shape index (κ1) is 22.4. The molecule has 5 rings (SSSR count). The molecule has 0 saturated carbocycles. The van der Waals surface area contributed by atoms with Gasteiger partial charge in [0.05, 0.1) is 21.1 Å². The van der Waals surface area contributed by atoms with Gasteiger partial charge in [-0.15, -0.1) is 0 Å². The lowest BCUT2D eigenvalue weighted by Gasteiger charge is -2.34. The van der Waals surface area contributed by atoms with Crippen LogP contribution in [0.3, 0.4) is 0 Å². The second-order valence-corrected chi connectivity index (χ2v) is 8.89. The summed E-state index contributed by atoms with van der Waals surface area (Å²) in [5, 5.41) is 4.12. The third-order valence-electron chi connectivity index (χ3n) is 5.83. The molecule has 0 unspecified atom stereocenters. The maximum Gasteiger partial charge on any atom is 0.355 e. The minimum atomic E-state index is -0.638. The van der Waals surface area contributed by atoms with E-state index in [1.54, 1.807) is 18.2 Å². The van der Waals surface area contributed by atoms with Gasteiger partial charge in [-0.25, -0.2) is 14.3 Å². The van der Waals surface area contributed by atoms with Crippen LogP contribution in [0.4, 0.5) is 23.1 Å². The molecule has 2 aromatic heterocycles. The number of nitrogen functional groups attached to an aromatic ring is 1. The molecule has 1 aliphatic heterocycles. The van der Waals surface area contributed by atoms with Gasteiger partial charge in [-0.2, -0.15) is 9.97 Å². The smallest absolute Gasteiger partial charge is 0.355 e. The number of fused-ring (bicyclic) bond motifs is 1. The van der Waals surface area contributed by atoms with Crippen molar-refractivity contribution < 1.29 is 0 Å². The number of anilines is 4. The minimum Gasteiger partial charge on any atom is -0.384 e. The zero-order valence-corrected chi connectivity index (χ0v) is 19.9. The maximum absolute atomic E-state index is 12.8. The number of para-hydroxylation sites is 1. The number of nitrogens with two attached hydrogens (primary N) is 1. The number of aromatic nitrogens is 4. The van der Waals surface area contributed by atoms with Crippen LogP contribution in [0.25, 0.3) is 16.7 Å². The third-order valence-corrected chi connectivity index (χ3v) is 6.44. The Morgan fingerprint density at radius 3 is 2.32 bits per heavy atom. The number of rotatable bonds is 4. The molecule has 1 fully saturated rings. The molecule has 0 bridgehead atoms. The van der Waals surface area contributed by atoms with E-state index < -0.39 is 5.69 Å². The summed E-state index contributed by atoms with van der Waals surface area (Å²) in [6.45, 7) is 4.10. The van der Waals surface area contributed by atoms with Crippen LogP contribution < -0.4 is 21.6 Å². The lowest BCUT2D eigenvalue weighted by Crippen LogP contribution is -2.44. The van der Waals surface area contributed by atoms with Gasteiger partial charge in [-0.3, -0.25) is 0 Å². The Morgan fingerprint density at radius 1 is 0.971 bits per heavy atom. The van der Waals surface area contributed by atoms with Crippen LogP contribution >= 0.6 is 23.2 Å². The number of nitrogens with zero attached hydrogens (tertiary/aromatic N) is 6. The Morgan fingerprint density at radius 2 is 1.65 bits per heavy atom. The van der Waals surface area contributed by atoms with E-state index in [-0.39, 0.29) is 27.2 Å². The molecule has 1 saturated heterocycles. The molecule has 34 heavy (non-hydrogen) atoms. The van der Waals surface area contributed by atoms with E-state index in [1.165, 1.54) is 16.5 Å². The average Bonchev–Trinajstić information content (AvgIpc) is 2.82. The topological polar surface area (TPSA) is 105 Å². The van der Waals surface area contributed by atoms with Gasteiger partial charge in [0, 0.05) is 43.8 Å². The lowest BCUT2D eigenvalue weighted by atomic mass is 10.2. The minimum absolute atomic E-state index is 0.105. The standard InChI is InChI=1S/C23H22Cl2N8O/c1-31-9-11-32(12-10-31)15-7-5-14(6-8-15)28-22-27-13-16-20(26)33(23(34)30-21(16)29-22)19-17(24)3-2-4-18(19)25/h2-8,13H,9-12,26H2,1H3,(H,28,29,30,34). The second-order valence-electron chi connectivity index (χ2n) is 8.08. The average molecular weight is 497 g/mol. The number of nitrogens with one attached hydrogen (secondary N) is 1. The van der Waals surface area contributed by atoms with E-state index in [0.717, 1.165) is 31.9 Å². The Hall–Kier alpha value is -3.40. The van der Waals surface area contributed by atoms with Crippen LogP contribution in [0.2, 0.25) is 10.0 Å². The summed E-state index contributed by atoms with van der Waals surface area (Å²) in [7, 11) is 2.14. The molecule has 3 heterocycles. The van der Waals surface area contributed by atoms with Crippen molar-refractivity contribution >= 4 is 57.4 Å². The van der Waals surface area contributed by atoms with Gasteiger partial charge in [-0.05, 0) is 43.4 Å².